The quantitative estimate of drug-likeness (QED) is 0.331. The van der Waals surface area contributed by atoms with E-state index in [-0.39, 0.29) is 28.3 Å². The van der Waals surface area contributed by atoms with E-state index in [1.807, 2.05) is 6.07 Å². The minimum Gasteiger partial charge on any atom is -0.472 e. The van der Waals surface area contributed by atoms with Gasteiger partial charge in [-0.3, -0.25) is 0 Å². The Labute approximate surface area is 179 Å². The third-order valence-electron chi connectivity index (χ3n) is 10.4. The number of ether oxygens (including phenoxy) is 2. The van der Waals surface area contributed by atoms with Crippen molar-refractivity contribution in [3.8, 4) is 0 Å². The highest BCUT2D eigenvalue weighted by Crippen LogP contribution is 2.79. The zero-order chi connectivity index (χ0) is 21.2. The minimum atomic E-state index is -0.441. The Balaban J connectivity index is 1.48. The normalized spacial score (nSPS) is 53.0. The number of rotatable bonds is 1. The van der Waals surface area contributed by atoms with Gasteiger partial charge in [-0.1, -0.05) is 46.8 Å². The Morgan fingerprint density at radius 3 is 2.43 bits per heavy atom. The van der Waals surface area contributed by atoms with Gasteiger partial charge in [0.05, 0.1) is 12.5 Å². The van der Waals surface area contributed by atoms with E-state index in [0.717, 1.165) is 31.2 Å². The van der Waals surface area contributed by atoms with Crippen LogP contribution >= 0.6 is 0 Å². The molecule has 4 heteroatoms. The molecule has 1 aromatic rings. The molecule has 0 aromatic carbocycles. The summed E-state index contributed by atoms with van der Waals surface area (Å²) in [5, 5.41) is 0. The van der Waals surface area contributed by atoms with Gasteiger partial charge in [0.2, 0.25) is 0 Å². The minimum absolute atomic E-state index is 0.0465. The van der Waals surface area contributed by atoms with E-state index in [2.05, 4.69) is 46.8 Å². The van der Waals surface area contributed by atoms with Crippen LogP contribution in [0.2, 0.25) is 0 Å². The van der Waals surface area contributed by atoms with E-state index in [4.69, 9.17) is 13.9 Å². The maximum atomic E-state index is 13.0. The van der Waals surface area contributed by atoms with Crippen LogP contribution in [0.5, 0.6) is 0 Å². The average Bonchev–Trinajstić information content (AvgIpc) is 3.24. The number of allylic oxidation sites excluding steroid dienone is 2. The van der Waals surface area contributed by atoms with Crippen LogP contribution in [0.15, 0.2) is 35.2 Å². The highest BCUT2D eigenvalue weighted by atomic mass is 16.7. The lowest BCUT2D eigenvalue weighted by molar-refractivity contribution is -0.214. The Morgan fingerprint density at radius 2 is 1.70 bits per heavy atom. The SMILES string of the molecule is CC1(C)CC=C[C@@]2(C)C1CC[C@]1(C)C2CC[C@@]2(C)C(c3ccoc3)OC(=O)[C@H]3O[C@]321. The number of fused-ring (bicyclic) bond motifs is 3. The second-order valence-electron chi connectivity index (χ2n) is 12.1. The predicted octanol–water partition coefficient (Wildman–Crippen LogP) is 5.84. The third-order valence-corrected chi connectivity index (χ3v) is 10.4. The van der Waals surface area contributed by atoms with Crippen molar-refractivity contribution in [2.24, 2.45) is 33.5 Å². The first-order valence-electron chi connectivity index (χ1n) is 11.7. The van der Waals surface area contributed by atoms with Gasteiger partial charge in [0.1, 0.15) is 11.7 Å². The summed E-state index contributed by atoms with van der Waals surface area (Å²) in [6.07, 6.45) is 13.3. The number of furan rings is 1. The van der Waals surface area contributed by atoms with Gasteiger partial charge in [-0.15, -0.1) is 0 Å². The van der Waals surface area contributed by atoms with Crippen LogP contribution in [0.3, 0.4) is 0 Å². The van der Waals surface area contributed by atoms with Crippen molar-refractivity contribution in [2.45, 2.75) is 84.5 Å². The summed E-state index contributed by atoms with van der Waals surface area (Å²) in [5.41, 5.74) is 0.696. The highest BCUT2D eigenvalue weighted by molar-refractivity contribution is 5.82. The molecule has 0 radical (unpaired) electrons. The topological polar surface area (TPSA) is 52.0 Å². The van der Waals surface area contributed by atoms with Gasteiger partial charge < -0.3 is 13.9 Å². The molecule has 2 aliphatic heterocycles. The lowest BCUT2D eigenvalue weighted by Gasteiger charge is -2.67. The molecule has 3 unspecified atom stereocenters. The molecule has 162 valence electrons. The zero-order valence-corrected chi connectivity index (χ0v) is 18.9. The molecule has 0 N–H and O–H groups in total. The summed E-state index contributed by atoms with van der Waals surface area (Å²) >= 11 is 0. The second kappa shape index (κ2) is 5.43. The number of hydrogen-bond acceptors (Lipinski definition) is 4. The number of carbonyl (C=O) groups excluding carboxylic acids is 1. The van der Waals surface area contributed by atoms with Gasteiger partial charge in [0.15, 0.2) is 6.10 Å². The molecule has 8 atom stereocenters. The van der Waals surface area contributed by atoms with Crippen molar-refractivity contribution in [3.05, 3.63) is 36.3 Å². The fraction of sp³-hybridized carbons (Fsp3) is 0.731. The number of epoxide rings is 1. The van der Waals surface area contributed by atoms with Gasteiger partial charge in [-0.2, -0.15) is 0 Å². The Kier molecular flexibility index (Phi) is 3.47. The zero-order valence-electron chi connectivity index (χ0n) is 18.9. The predicted molar refractivity (Wildman–Crippen MR) is 112 cm³/mol. The fourth-order valence-electron chi connectivity index (χ4n) is 9.17. The Bertz CT molecular complexity index is 931. The van der Waals surface area contributed by atoms with E-state index in [0.29, 0.717) is 17.3 Å². The van der Waals surface area contributed by atoms with Gasteiger partial charge >= 0.3 is 5.97 Å². The van der Waals surface area contributed by atoms with Crippen molar-refractivity contribution in [1.29, 1.82) is 0 Å². The van der Waals surface area contributed by atoms with Crippen LogP contribution < -0.4 is 0 Å². The van der Waals surface area contributed by atoms with Crippen LogP contribution in [0.25, 0.3) is 0 Å². The molecule has 5 aliphatic rings. The van der Waals surface area contributed by atoms with E-state index >= 15 is 0 Å². The second-order valence-corrected chi connectivity index (χ2v) is 12.1. The number of hydrogen-bond donors (Lipinski definition) is 0. The van der Waals surface area contributed by atoms with E-state index in [1.165, 1.54) is 6.42 Å². The maximum absolute atomic E-state index is 13.0. The van der Waals surface area contributed by atoms with Crippen molar-refractivity contribution < 1.29 is 18.7 Å². The molecule has 3 aliphatic carbocycles. The molecule has 2 saturated carbocycles. The summed E-state index contributed by atoms with van der Waals surface area (Å²) in [4.78, 5) is 13.0. The molecule has 6 rings (SSSR count). The standard InChI is InChI=1S/C26H34O4/c1-22(2)10-6-11-23(3)17(22)7-12-24(4)18(23)8-13-25(5)19(16-9-14-28-15-16)29-21(27)20-26(24,25)30-20/h6,9,11,14-15,17-20H,7-8,10,12-13H2,1-5H3/t17?,18?,19?,20-,23+,24-,25+,26+/m1/s1. The molecule has 4 fully saturated rings. The van der Waals surface area contributed by atoms with Gasteiger partial charge in [0.25, 0.3) is 0 Å². The summed E-state index contributed by atoms with van der Waals surface area (Å²) < 4.78 is 17.9. The Hall–Kier alpha value is -1.55. The van der Waals surface area contributed by atoms with E-state index in [9.17, 15) is 4.79 Å². The lowest BCUT2D eigenvalue weighted by Crippen LogP contribution is -2.67. The molecule has 2 saturated heterocycles. The van der Waals surface area contributed by atoms with Crippen LogP contribution in [0.4, 0.5) is 0 Å². The molecular formula is C26H34O4. The monoisotopic (exact) mass is 410 g/mol. The fourth-order valence-corrected chi connectivity index (χ4v) is 9.17. The van der Waals surface area contributed by atoms with Crippen molar-refractivity contribution in [2.75, 3.05) is 0 Å². The molecule has 1 aromatic heterocycles. The number of carbonyl (C=O) groups is 1. The van der Waals surface area contributed by atoms with Crippen LogP contribution in [0, 0.1) is 33.5 Å². The van der Waals surface area contributed by atoms with Gasteiger partial charge in [-0.05, 0) is 60.8 Å². The summed E-state index contributed by atoms with van der Waals surface area (Å²) in [6.45, 7) is 12.1. The number of esters is 1. The third kappa shape index (κ3) is 1.92. The smallest absolute Gasteiger partial charge is 0.339 e. The maximum Gasteiger partial charge on any atom is 0.339 e. The first-order chi connectivity index (χ1) is 14.1. The Morgan fingerprint density at radius 1 is 0.967 bits per heavy atom. The van der Waals surface area contributed by atoms with Gasteiger partial charge in [-0.25, -0.2) is 4.79 Å². The van der Waals surface area contributed by atoms with Crippen LogP contribution in [0.1, 0.15) is 78.4 Å². The summed E-state index contributed by atoms with van der Waals surface area (Å²) in [7, 11) is 0. The molecular weight excluding hydrogens is 376 g/mol. The molecule has 0 amide bonds. The van der Waals surface area contributed by atoms with Crippen molar-refractivity contribution in [1.82, 2.24) is 0 Å². The lowest BCUT2D eigenvalue weighted by atomic mass is 9.36. The van der Waals surface area contributed by atoms with E-state index < -0.39 is 11.7 Å². The van der Waals surface area contributed by atoms with Crippen LogP contribution in [-0.2, 0) is 14.3 Å². The highest BCUT2D eigenvalue weighted by Gasteiger charge is 2.86. The van der Waals surface area contributed by atoms with E-state index in [1.54, 1.807) is 12.5 Å². The average molecular weight is 411 g/mol. The molecule has 1 spiro atoms. The number of cyclic esters (lactones) is 1. The largest absolute Gasteiger partial charge is 0.472 e. The molecule has 4 nitrogen and oxygen atoms in total. The first kappa shape index (κ1) is 19.2. The van der Waals surface area contributed by atoms with Gasteiger partial charge in [0, 0.05) is 16.4 Å². The summed E-state index contributed by atoms with van der Waals surface area (Å²) in [5.74, 6) is 0.993. The van der Waals surface area contributed by atoms with Crippen molar-refractivity contribution in [3.63, 3.8) is 0 Å². The molecule has 3 heterocycles. The molecule has 30 heavy (non-hydrogen) atoms. The summed E-state index contributed by atoms with van der Waals surface area (Å²) in [6, 6.07) is 1.94. The van der Waals surface area contributed by atoms with Crippen molar-refractivity contribution >= 4 is 5.97 Å². The molecule has 0 bridgehead atoms. The first-order valence-corrected chi connectivity index (χ1v) is 11.7. The van der Waals surface area contributed by atoms with Crippen LogP contribution in [-0.4, -0.2) is 17.7 Å².